The van der Waals surface area contributed by atoms with Crippen LogP contribution in [-0.2, 0) is 0 Å². The summed E-state index contributed by atoms with van der Waals surface area (Å²) < 4.78 is 26.7. The highest BCUT2D eigenvalue weighted by Gasteiger charge is 2.23. The van der Waals surface area contributed by atoms with E-state index in [1.165, 1.54) is 6.07 Å². The molecule has 0 saturated carbocycles. The average Bonchev–Trinajstić information content (AvgIpc) is 2.36. The van der Waals surface area contributed by atoms with Gasteiger partial charge in [0.1, 0.15) is 0 Å². The number of ketones is 1. The molecule has 0 amide bonds. The van der Waals surface area contributed by atoms with Crippen molar-refractivity contribution >= 4 is 17.4 Å². The lowest BCUT2D eigenvalue weighted by Crippen LogP contribution is -2.29. The lowest BCUT2D eigenvalue weighted by Gasteiger charge is -2.22. The summed E-state index contributed by atoms with van der Waals surface area (Å²) in [4.78, 5) is 12.0. The Morgan fingerprint density at radius 3 is 2.67 bits per heavy atom. The highest BCUT2D eigenvalue weighted by Crippen LogP contribution is 2.26. The van der Waals surface area contributed by atoms with Crippen molar-refractivity contribution in [2.24, 2.45) is 5.92 Å². The normalized spacial score (nSPS) is 16.8. The molecule has 5 heteroatoms. The van der Waals surface area contributed by atoms with Gasteiger partial charge in [0.25, 0.3) is 0 Å². The van der Waals surface area contributed by atoms with E-state index in [0.29, 0.717) is 0 Å². The van der Waals surface area contributed by atoms with Crippen molar-refractivity contribution in [3.63, 3.8) is 0 Å². The minimum atomic E-state index is -1.14. The average molecular weight is 274 g/mol. The summed E-state index contributed by atoms with van der Waals surface area (Å²) in [5.74, 6) is -2.36. The van der Waals surface area contributed by atoms with E-state index in [-0.39, 0.29) is 22.9 Å². The van der Waals surface area contributed by atoms with E-state index in [9.17, 15) is 13.6 Å². The zero-order chi connectivity index (χ0) is 13.1. The number of piperidine rings is 1. The molecule has 0 bridgehead atoms. The van der Waals surface area contributed by atoms with Gasteiger partial charge in [-0.25, -0.2) is 8.78 Å². The quantitative estimate of drug-likeness (QED) is 0.677. The van der Waals surface area contributed by atoms with Gasteiger partial charge < -0.3 is 5.32 Å². The molecule has 2 nitrogen and oxygen atoms in total. The van der Waals surface area contributed by atoms with Crippen LogP contribution in [0.3, 0.4) is 0 Å². The van der Waals surface area contributed by atoms with E-state index in [1.54, 1.807) is 0 Å². The van der Waals surface area contributed by atoms with E-state index >= 15 is 0 Å². The first kappa shape index (κ1) is 13.4. The first-order chi connectivity index (χ1) is 8.59. The number of rotatable bonds is 3. The lowest BCUT2D eigenvalue weighted by molar-refractivity contribution is 0.0947. The molecule has 0 radical (unpaired) electrons. The molecule has 98 valence electrons. The van der Waals surface area contributed by atoms with Gasteiger partial charge >= 0.3 is 0 Å². The Bertz CT molecular complexity index is 459. The van der Waals surface area contributed by atoms with Crippen molar-refractivity contribution < 1.29 is 13.6 Å². The molecule has 0 spiro atoms. The predicted octanol–water partition coefficient (Wildman–Crippen LogP) is 3.19. The molecule has 0 unspecified atom stereocenters. The summed E-state index contributed by atoms with van der Waals surface area (Å²) in [6.45, 7) is 1.72. The van der Waals surface area contributed by atoms with Crippen LogP contribution < -0.4 is 5.32 Å². The van der Waals surface area contributed by atoms with Crippen molar-refractivity contribution in [2.75, 3.05) is 13.1 Å². The number of carbonyl (C=O) groups excluding carboxylic acids is 1. The molecule has 1 heterocycles. The predicted molar refractivity (Wildman–Crippen MR) is 65.9 cm³/mol. The van der Waals surface area contributed by atoms with Crippen LogP contribution in [0.25, 0.3) is 0 Å². The zero-order valence-corrected chi connectivity index (χ0v) is 10.6. The fraction of sp³-hybridized carbons (Fsp3) is 0.462. The molecular formula is C13H14ClF2NO. The Hall–Kier alpha value is -1.00. The molecule has 1 saturated heterocycles. The van der Waals surface area contributed by atoms with Gasteiger partial charge in [-0.3, -0.25) is 4.79 Å². The van der Waals surface area contributed by atoms with Gasteiger partial charge in [-0.05, 0) is 44.0 Å². The van der Waals surface area contributed by atoms with Gasteiger partial charge in [-0.15, -0.1) is 0 Å². The maximum atomic E-state index is 13.6. The Morgan fingerprint density at radius 1 is 1.33 bits per heavy atom. The number of hydrogen-bond donors (Lipinski definition) is 1. The zero-order valence-electron chi connectivity index (χ0n) is 9.81. The lowest BCUT2D eigenvalue weighted by atomic mass is 9.90. The molecule has 1 aromatic carbocycles. The van der Waals surface area contributed by atoms with Gasteiger partial charge in [-0.2, -0.15) is 0 Å². The largest absolute Gasteiger partial charge is 0.317 e. The number of Topliss-reactive ketones (excluding diaryl/α,β-unsaturated/α-hetero) is 1. The van der Waals surface area contributed by atoms with Gasteiger partial charge in [0.2, 0.25) is 0 Å². The molecule has 18 heavy (non-hydrogen) atoms. The topological polar surface area (TPSA) is 29.1 Å². The van der Waals surface area contributed by atoms with Crippen LogP contribution in [0.15, 0.2) is 12.1 Å². The van der Waals surface area contributed by atoms with Gasteiger partial charge in [0, 0.05) is 6.42 Å². The Balaban J connectivity index is 2.15. The van der Waals surface area contributed by atoms with Crippen LogP contribution in [0, 0.1) is 17.6 Å². The summed E-state index contributed by atoms with van der Waals surface area (Å²) in [6, 6.07) is 2.15. The molecule has 1 fully saturated rings. The molecule has 0 aromatic heterocycles. The molecule has 0 aliphatic carbocycles. The van der Waals surface area contributed by atoms with Crippen LogP contribution in [0.5, 0.6) is 0 Å². The molecular weight excluding hydrogens is 260 g/mol. The molecule has 1 aromatic rings. The van der Waals surface area contributed by atoms with Crippen LogP contribution in [0.4, 0.5) is 8.78 Å². The van der Waals surface area contributed by atoms with E-state index in [4.69, 9.17) is 11.6 Å². The standard InChI is InChI=1S/C13H14ClF2NO/c14-9-1-2-10(15)13(16)12(9)11(18)7-8-3-5-17-6-4-8/h1-2,8,17H,3-7H2. The van der Waals surface area contributed by atoms with E-state index in [1.807, 2.05) is 0 Å². The molecule has 1 N–H and O–H groups in total. The summed E-state index contributed by atoms with van der Waals surface area (Å²) in [5.41, 5.74) is -0.310. The molecule has 2 rings (SSSR count). The van der Waals surface area contributed by atoms with Gasteiger partial charge in [0.15, 0.2) is 17.4 Å². The maximum absolute atomic E-state index is 13.6. The summed E-state index contributed by atoms with van der Waals surface area (Å²) in [5, 5.41) is 3.17. The van der Waals surface area contributed by atoms with Crippen molar-refractivity contribution in [1.29, 1.82) is 0 Å². The fourth-order valence-corrected chi connectivity index (χ4v) is 2.48. The van der Waals surface area contributed by atoms with Crippen molar-refractivity contribution in [1.82, 2.24) is 5.32 Å². The van der Waals surface area contributed by atoms with E-state index in [2.05, 4.69) is 5.32 Å². The number of halogens is 3. The monoisotopic (exact) mass is 273 g/mol. The summed E-state index contributed by atoms with van der Waals surface area (Å²) in [6.07, 6.45) is 1.97. The summed E-state index contributed by atoms with van der Waals surface area (Å²) >= 11 is 5.77. The maximum Gasteiger partial charge on any atom is 0.171 e. The van der Waals surface area contributed by atoms with E-state index < -0.39 is 17.4 Å². The first-order valence-corrected chi connectivity index (χ1v) is 6.35. The highest BCUT2D eigenvalue weighted by atomic mass is 35.5. The highest BCUT2D eigenvalue weighted by molar-refractivity contribution is 6.34. The van der Waals surface area contributed by atoms with Crippen LogP contribution in [0.1, 0.15) is 29.6 Å². The number of nitrogens with one attached hydrogen (secondary N) is 1. The van der Waals surface area contributed by atoms with Gasteiger partial charge in [-0.1, -0.05) is 11.6 Å². The number of carbonyl (C=O) groups is 1. The van der Waals surface area contributed by atoms with Crippen LogP contribution in [-0.4, -0.2) is 18.9 Å². The first-order valence-electron chi connectivity index (χ1n) is 5.97. The molecule has 1 aliphatic heterocycles. The third-order valence-electron chi connectivity index (χ3n) is 3.26. The molecule has 1 aliphatic rings. The SMILES string of the molecule is O=C(CC1CCNCC1)c1c(Cl)ccc(F)c1F. The van der Waals surface area contributed by atoms with Crippen molar-refractivity contribution in [3.8, 4) is 0 Å². The van der Waals surface area contributed by atoms with Crippen molar-refractivity contribution in [2.45, 2.75) is 19.3 Å². The second-order valence-corrected chi connectivity index (χ2v) is 4.95. The minimum absolute atomic E-state index is 0.0205. The third-order valence-corrected chi connectivity index (χ3v) is 3.57. The summed E-state index contributed by atoms with van der Waals surface area (Å²) in [7, 11) is 0. The van der Waals surface area contributed by atoms with Crippen LogP contribution >= 0.6 is 11.6 Å². The third kappa shape index (κ3) is 2.87. The smallest absolute Gasteiger partial charge is 0.171 e. The second kappa shape index (κ2) is 5.76. The van der Waals surface area contributed by atoms with Gasteiger partial charge in [0.05, 0.1) is 10.6 Å². The Kier molecular flexibility index (Phi) is 4.30. The fourth-order valence-electron chi connectivity index (χ4n) is 2.23. The van der Waals surface area contributed by atoms with E-state index in [0.717, 1.165) is 32.0 Å². The minimum Gasteiger partial charge on any atom is -0.317 e. The van der Waals surface area contributed by atoms with Crippen molar-refractivity contribution in [3.05, 3.63) is 34.4 Å². The molecule has 0 atom stereocenters. The Labute approximate surface area is 109 Å². The number of hydrogen-bond acceptors (Lipinski definition) is 2. The number of benzene rings is 1. The second-order valence-electron chi connectivity index (χ2n) is 4.54. The Morgan fingerprint density at radius 2 is 2.00 bits per heavy atom. The van der Waals surface area contributed by atoms with Crippen LogP contribution in [0.2, 0.25) is 5.02 Å².